The van der Waals surface area contributed by atoms with Crippen LogP contribution in [0.1, 0.15) is 58.0 Å². The first-order valence-corrected chi connectivity index (χ1v) is 9.89. The van der Waals surface area contributed by atoms with Gasteiger partial charge in [-0.05, 0) is 40.2 Å². The highest BCUT2D eigenvalue weighted by Crippen LogP contribution is 2.46. The summed E-state index contributed by atoms with van der Waals surface area (Å²) in [5.74, 6) is 0.789. The average molecular weight is 378 g/mol. The van der Waals surface area contributed by atoms with E-state index in [-0.39, 0.29) is 11.8 Å². The third kappa shape index (κ3) is 2.96. The molecule has 27 heavy (non-hydrogen) atoms. The molecule has 0 N–H and O–H groups in total. The summed E-state index contributed by atoms with van der Waals surface area (Å²) in [5.41, 5.74) is 7.42. The summed E-state index contributed by atoms with van der Waals surface area (Å²) >= 11 is 1.75. The number of hydrogen-bond donors (Lipinski definition) is 0. The van der Waals surface area contributed by atoms with Crippen LogP contribution in [0.2, 0.25) is 0 Å². The summed E-state index contributed by atoms with van der Waals surface area (Å²) in [6.45, 7) is 9.91. The Balaban J connectivity index is 2.04. The van der Waals surface area contributed by atoms with E-state index in [2.05, 4.69) is 50.2 Å². The summed E-state index contributed by atoms with van der Waals surface area (Å²) in [5, 5.41) is 4.20. The number of carbonyl (C=O) groups excluding carboxylic acids is 1. The second kappa shape index (κ2) is 6.57. The second-order valence-corrected chi connectivity index (χ2v) is 8.49. The number of benzene rings is 1. The fraction of sp³-hybridized carbons (Fsp3) is 0.318. The summed E-state index contributed by atoms with van der Waals surface area (Å²) in [6.07, 6.45) is 0.309. The number of aromatic nitrogens is 1. The van der Waals surface area contributed by atoms with Crippen LogP contribution in [-0.2, 0) is 4.79 Å². The Morgan fingerprint density at radius 3 is 2.48 bits per heavy atom. The van der Waals surface area contributed by atoms with Crippen LogP contribution in [0.3, 0.4) is 0 Å². The summed E-state index contributed by atoms with van der Waals surface area (Å²) < 4.78 is 5.69. The van der Waals surface area contributed by atoms with Gasteiger partial charge >= 0.3 is 0 Å². The standard InChI is InChI=1S/C22H22N2O2S/c1-11-6-8-16(9-7-11)20-18-13(3)15(5)27-22(18)19-14(4)24-26-21(19)17(23-20)10-12(2)25/h6-9,17H,10H2,1-5H3/t17-/m0/s1. The van der Waals surface area contributed by atoms with Crippen LogP contribution in [0.4, 0.5) is 0 Å². The van der Waals surface area contributed by atoms with E-state index in [1.54, 1.807) is 18.3 Å². The van der Waals surface area contributed by atoms with E-state index < -0.39 is 0 Å². The number of Topliss-reactive ketones (excluding diaryl/α,β-unsaturated/α-hetero) is 1. The lowest BCUT2D eigenvalue weighted by Crippen LogP contribution is -2.08. The first-order chi connectivity index (χ1) is 12.9. The quantitative estimate of drug-likeness (QED) is 0.604. The molecule has 1 atom stereocenters. The first-order valence-electron chi connectivity index (χ1n) is 9.08. The van der Waals surface area contributed by atoms with Crippen LogP contribution in [0.25, 0.3) is 10.4 Å². The van der Waals surface area contributed by atoms with Crippen molar-refractivity contribution in [1.29, 1.82) is 0 Å². The minimum absolute atomic E-state index is 0.0881. The van der Waals surface area contributed by atoms with E-state index in [0.717, 1.165) is 33.0 Å². The third-order valence-electron chi connectivity index (χ3n) is 5.13. The molecule has 3 aromatic rings. The maximum absolute atomic E-state index is 11.9. The highest BCUT2D eigenvalue weighted by atomic mass is 32.1. The highest BCUT2D eigenvalue weighted by molar-refractivity contribution is 7.16. The molecule has 138 valence electrons. The van der Waals surface area contributed by atoms with Gasteiger partial charge < -0.3 is 4.52 Å². The maximum Gasteiger partial charge on any atom is 0.170 e. The van der Waals surface area contributed by atoms with Gasteiger partial charge in [-0.2, -0.15) is 0 Å². The lowest BCUT2D eigenvalue weighted by Gasteiger charge is -2.11. The van der Waals surface area contributed by atoms with E-state index >= 15 is 0 Å². The molecule has 0 unspecified atom stereocenters. The predicted molar refractivity (Wildman–Crippen MR) is 109 cm³/mol. The fourth-order valence-corrected chi connectivity index (χ4v) is 4.86. The maximum atomic E-state index is 11.9. The van der Waals surface area contributed by atoms with Crippen molar-refractivity contribution in [3.05, 3.63) is 62.9 Å². The Labute approximate surface area is 162 Å². The van der Waals surface area contributed by atoms with Gasteiger partial charge in [-0.25, -0.2) is 0 Å². The third-order valence-corrected chi connectivity index (χ3v) is 6.36. The van der Waals surface area contributed by atoms with Crippen molar-refractivity contribution in [3.8, 4) is 10.4 Å². The lowest BCUT2D eigenvalue weighted by molar-refractivity contribution is -0.117. The van der Waals surface area contributed by atoms with Crippen molar-refractivity contribution in [1.82, 2.24) is 5.16 Å². The van der Waals surface area contributed by atoms with Crippen LogP contribution in [0.15, 0.2) is 33.8 Å². The second-order valence-electron chi connectivity index (χ2n) is 7.26. The van der Waals surface area contributed by atoms with Gasteiger partial charge in [0, 0.05) is 27.3 Å². The Bertz CT molecular complexity index is 1070. The molecule has 0 saturated heterocycles. The van der Waals surface area contributed by atoms with Gasteiger partial charge in [0.25, 0.3) is 0 Å². The lowest BCUT2D eigenvalue weighted by atomic mass is 9.96. The number of aryl methyl sites for hydroxylation is 3. The van der Waals surface area contributed by atoms with Crippen LogP contribution >= 0.6 is 11.3 Å². The zero-order chi connectivity index (χ0) is 19.3. The summed E-state index contributed by atoms with van der Waals surface area (Å²) in [7, 11) is 0. The van der Waals surface area contributed by atoms with Gasteiger partial charge in [-0.15, -0.1) is 11.3 Å². The van der Waals surface area contributed by atoms with Crippen LogP contribution < -0.4 is 0 Å². The SMILES string of the molecule is CC(=O)C[C@@H]1N=C(c2ccc(C)cc2)c2c(sc(C)c2C)-c2c(C)noc21. The Hall–Kier alpha value is -2.53. The van der Waals surface area contributed by atoms with Crippen molar-refractivity contribution < 1.29 is 9.32 Å². The van der Waals surface area contributed by atoms with E-state index in [9.17, 15) is 4.79 Å². The average Bonchev–Trinajstić information content (AvgIpc) is 3.08. The fourth-order valence-electron chi connectivity index (χ4n) is 3.60. The number of ketones is 1. The van der Waals surface area contributed by atoms with Crippen molar-refractivity contribution in [3.63, 3.8) is 0 Å². The van der Waals surface area contributed by atoms with Crippen molar-refractivity contribution >= 4 is 22.8 Å². The highest BCUT2D eigenvalue weighted by Gasteiger charge is 2.33. The minimum Gasteiger partial charge on any atom is -0.358 e. The zero-order valence-electron chi connectivity index (χ0n) is 16.2. The number of hydrogen-bond acceptors (Lipinski definition) is 5. The van der Waals surface area contributed by atoms with Gasteiger partial charge in [0.05, 0.1) is 17.0 Å². The van der Waals surface area contributed by atoms with Gasteiger partial charge in [-0.3, -0.25) is 9.79 Å². The molecule has 0 fully saturated rings. The van der Waals surface area contributed by atoms with Crippen molar-refractivity contribution in [2.24, 2.45) is 4.99 Å². The van der Waals surface area contributed by atoms with Crippen LogP contribution in [0.5, 0.6) is 0 Å². The molecule has 4 nitrogen and oxygen atoms in total. The zero-order valence-corrected chi connectivity index (χ0v) is 17.0. The van der Waals surface area contributed by atoms with Crippen LogP contribution in [0, 0.1) is 27.7 Å². The van der Waals surface area contributed by atoms with E-state index in [0.29, 0.717) is 12.2 Å². The molecule has 0 bridgehead atoms. The Morgan fingerprint density at radius 2 is 1.81 bits per heavy atom. The molecular weight excluding hydrogens is 356 g/mol. The summed E-state index contributed by atoms with van der Waals surface area (Å²) in [4.78, 5) is 19.4. The van der Waals surface area contributed by atoms with Gasteiger partial charge in [0.2, 0.25) is 0 Å². The molecule has 1 aliphatic rings. The van der Waals surface area contributed by atoms with Crippen LogP contribution in [-0.4, -0.2) is 16.7 Å². The van der Waals surface area contributed by atoms with Crippen molar-refractivity contribution in [2.75, 3.05) is 0 Å². The predicted octanol–water partition coefficient (Wildman–Crippen LogP) is 5.51. The molecule has 2 aromatic heterocycles. The van der Waals surface area contributed by atoms with Gasteiger partial charge in [0.15, 0.2) is 5.76 Å². The Morgan fingerprint density at radius 1 is 1.11 bits per heavy atom. The largest absolute Gasteiger partial charge is 0.358 e. The molecule has 0 radical (unpaired) electrons. The molecule has 0 amide bonds. The molecule has 3 heterocycles. The number of aliphatic imine (C=N–C) groups is 1. The number of nitrogens with zero attached hydrogens (tertiary/aromatic N) is 2. The van der Waals surface area contributed by atoms with Gasteiger partial charge in [-0.1, -0.05) is 35.0 Å². The number of thiophene rings is 1. The molecule has 5 heteroatoms. The van der Waals surface area contributed by atoms with E-state index in [1.165, 1.54) is 16.0 Å². The Kier molecular flexibility index (Phi) is 4.35. The monoisotopic (exact) mass is 378 g/mol. The molecule has 1 aromatic carbocycles. The molecule has 4 rings (SSSR count). The topological polar surface area (TPSA) is 55.5 Å². The molecule has 0 aliphatic carbocycles. The normalized spacial score (nSPS) is 15.7. The van der Waals surface area contributed by atoms with E-state index in [4.69, 9.17) is 9.52 Å². The van der Waals surface area contributed by atoms with Gasteiger partial charge in [0.1, 0.15) is 11.8 Å². The molecule has 0 spiro atoms. The van der Waals surface area contributed by atoms with E-state index in [1.807, 2.05) is 6.92 Å². The summed E-state index contributed by atoms with van der Waals surface area (Å²) in [6, 6.07) is 8.05. The molecule has 0 saturated carbocycles. The molecular formula is C22H22N2O2S. The number of carbonyl (C=O) groups is 1. The first kappa shape index (κ1) is 17.9. The smallest absolute Gasteiger partial charge is 0.170 e. The number of fused-ring (bicyclic) bond motifs is 3. The number of rotatable bonds is 3. The minimum atomic E-state index is -0.352. The van der Waals surface area contributed by atoms with Crippen molar-refractivity contribution in [2.45, 2.75) is 47.1 Å². The molecule has 1 aliphatic heterocycles.